The zero-order valence-corrected chi connectivity index (χ0v) is 9.01. The lowest BCUT2D eigenvalue weighted by atomic mass is 10.3. The third kappa shape index (κ3) is 3.40. The molecule has 1 unspecified atom stereocenters. The molecule has 1 aromatic heterocycles. The maximum Gasteiger partial charge on any atom is 0.133 e. The minimum Gasteiger partial charge on any atom is -0.399 e. The van der Waals surface area contributed by atoms with E-state index in [9.17, 15) is 0 Å². The first kappa shape index (κ1) is 11.1. The highest BCUT2D eigenvalue weighted by atomic mass is 35.5. The van der Waals surface area contributed by atoms with E-state index in [0.717, 1.165) is 0 Å². The van der Waals surface area contributed by atoms with Gasteiger partial charge in [0.1, 0.15) is 11.0 Å². The molecule has 1 aromatic rings. The number of aromatic nitrogens is 1. The maximum atomic E-state index is 5.75. The fourth-order valence-electron chi connectivity index (χ4n) is 1.13. The Morgan fingerprint density at radius 1 is 1.64 bits per heavy atom. The molecule has 14 heavy (non-hydrogen) atoms. The fraction of sp³-hybridized carbons (Fsp3) is 0.444. The molecule has 0 saturated heterocycles. The lowest BCUT2D eigenvalue weighted by molar-refractivity contribution is 0.190. The Kier molecular flexibility index (Phi) is 3.98. The lowest BCUT2D eigenvalue weighted by Gasteiger charge is -2.13. The number of methoxy groups -OCH3 is 1. The Hall–Kier alpha value is -1.00. The molecule has 1 atom stereocenters. The minimum atomic E-state index is 0.172. The SMILES string of the molecule is COCC(C)Nc1cc(N)cc(Cl)n1. The van der Waals surface area contributed by atoms with Crippen LogP contribution in [0, 0.1) is 0 Å². The molecule has 0 saturated carbocycles. The first-order valence-electron chi connectivity index (χ1n) is 4.30. The van der Waals surface area contributed by atoms with Gasteiger partial charge in [-0.3, -0.25) is 0 Å². The van der Waals surface area contributed by atoms with Gasteiger partial charge in [-0.2, -0.15) is 0 Å². The van der Waals surface area contributed by atoms with E-state index in [0.29, 0.717) is 23.3 Å². The summed E-state index contributed by atoms with van der Waals surface area (Å²) in [7, 11) is 1.65. The second-order valence-corrected chi connectivity index (χ2v) is 3.50. The van der Waals surface area contributed by atoms with Gasteiger partial charge in [0, 0.05) is 24.9 Å². The van der Waals surface area contributed by atoms with Crippen molar-refractivity contribution in [2.24, 2.45) is 0 Å². The van der Waals surface area contributed by atoms with Gasteiger partial charge < -0.3 is 15.8 Å². The summed E-state index contributed by atoms with van der Waals surface area (Å²) in [5, 5.41) is 3.51. The number of anilines is 2. The van der Waals surface area contributed by atoms with Gasteiger partial charge in [-0.15, -0.1) is 0 Å². The molecule has 3 N–H and O–H groups in total. The van der Waals surface area contributed by atoms with Crippen molar-refractivity contribution in [1.82, 2.24) is 4.98 Å². The van der Waals surface area contributed by atoms with Crippen molar-refractivity contribution in [3.63, 3.8) is 0 Å². The summed E-state index contributed by atoms with van der Waals surface area (Å²) < 4.78 is 4.98. The van der Waals surface area contributed by atoms with Crippen molar-refractivity contribution in [3.8, 4) is 0 Å². The van der Waals surface area contributed by atoms with Crippen LogP contribution >= 0.6 is 11.6 Å². The van der Waals surface area contributed by atoms with Crippen molar-refractivity contribution in [1.29, 1.82) is 0 Å². The number of ether oxygens (including phenoxy) is 1. The highest BCUT2D eigenvalue weighted by molar-refractivity contribution is 6.29. The molecule has 0 aliphatic carbocycles. The predicted octanol–water partition coefficient (Wildman–Crippen LogP) is 1.76. The number of nitrogens with two attached hydrogens (primary N) is 1. The Labute approximate surface area is 88.4 Å². The maximum absolute atomic E-state index is 5.75. The van der Waals surface area contributed by atoms with Crippen LogP contribution in [0.15, 0.2) is 12.1 Å². The number of rotatable bonds is 4. The molecule has 0 amide bonds. The van der Waals surface area contributed by atoms with Crippen LogP contribution in [0.25, 0.3) is 0 Å². The Morgan fingerprint density at radius 3 is 2.93 bits per heavy atom. The number of halogens is 1. The first-order chi connectivity index (χ1) is 6.61. The number of nitrogen functional groups attached to an aromatic ring is 1. The van der Waals surface area contributed by atoms with E-state index in [2.05, 4.69) is 10.3 Å². The minimum absolute atomic E-state index is 0.172. The van der Waals surface area contributed by atoms with Gasteiger partial charge in [-0.1, -0.05) is 11.6 Å². The summed E-state index contributed by atoms with van der Waals surface area (Å²) in [5.74, 6) is 0.666. The van der Waals surface area contributed by atoms with Crippen molar-refractivity contribution >= 4 is 23.1 Å². The van der Waals surface area contributed by atoms with Gasteiger partial charge in [-0.05, 0) is 13.0 Å². The number of nitrogens with one attached hydrogen (secondary N) is 1. The largest absolute Gasteiger partial charge is 0.399 e. The molecule has 5 heteroatoms. The second-order valence-electron chi connectivity index (χ2n) is 3.11. The van der Waals surface area contributed by atoms with Gasteiger partial charge in [-0.25, -0.2) is 4.98 Å². The monoisotopic (exact) mass is 215 g/mol. The molecule has 4 nitrogen and oxygen atoms in total. The number of nitrogens with zero attached hydrogens (tertiary/aromatic N) is 1. The van der Waals surface area contributed by atoms with Crippen LogP contribution < -0.4 is 11.1 Å². The summed E-state index contributed by atoms with van der Waals surface area (Å²) in [6.45, 7) is 2.59. The van der Waals surface area contributed by atoms with Crippen LogP contribution in [0.2, 0.25) is 5.15 Å². The molecule has 0 spiro atoms. The van der Waals surface area contributed by atoms with E-state index < -0.39 is 0 Å². The number of hydrogen-bond acceptors (Lipinski definition) is 4. The average Bonchev–Trinajstić information content (AvgIpc) is 2.01. The molecule has 0 aliphatic heterocycles. The molecule has 0 bridgehead atoms. The van der Waals surface area contributed by atoms with E-state index in [-0.39, 0.29) is 6.04 Å². The smallest absolute Gasteiger partial charge is 0.133 e. The molecule has 78 valence electrons. The van der Waals surface area contributed by atoms with Gasteiger partial charge in [0.05, 0.1) is 6.61 Å². The molecule has 1 rings (SSSR count). The molecular formula is C9H14ClN3O. The summed E-state index contributed by atoms with van der Waals surface area (Å²) in [6.07, 6.45) is 0. The van der Waals surface area contributed by atoms with Gasteiger partial charge in [0.2, 0.25) is 0 Å². The predicted molar refractivity (Wildman–Crippen MR) is 58.6 cm³/mol. The zero-order valence-electron chi connectivity index (χ0n) is 8.25. The van der Waals surface area contributed by atoms with Crippen LogP contribution in [0.3, 0.4) is 0 Å². The zero-order chi connectivity index (χ0) is 10.6. The fourth-order valence-corrected chi connectivity index (χ4v) is 1.35. The van der Waals surface area contributed by atoms with Crippen LogP contribution in [0.4, 0.5) is 11.5 Å². The first-order valence-corrected chi connectivity index (χ1v) is 4.68. The summed E-state index contributed by atoms with van der Waals surface area (Å²) in [6, 6.07) is 3.51. The van der Waals surface area contributed by atoms with Gasteiger partial charge in [0.25, 0.3) is 0 Å². The summed E-state index contributed by atoms with van der Waals surface area (Å²) in [5.41, 5.74) is 6.21. The van der Waals surface area contributed by atoms with Crippen LogP contribution in [0.5, 0.6) is 0 Å². The van der Waals surface area contributed by atoms with E-state index in [1.807, 2.05) is 6.92 Å². The summed E-state index contributed by atoms with van der Waals surface area (Å²) >= 11 is 5.75. The topological polar surface area (TPSA) is 60.2 Å². The molecule has 0 aromatic carbocycles. The van der Waals surface area contributed by atoms with E-state index in [4.69, 9.17) is 22.1 Å². The van der Waals surface area contributed by atoms with Gasteiger partial charge >= 0.3 is 0 Å². The van der Waals surface area contributed by atoms with Crippen LogP contribution in [0.1, 0.15) is 6.92 Å². The molecular weight excluding hydrogens is 202 g/mol. The molecule has 0 fully saturated rings. The second kappa shape index (κ2) is 5.02. The Bertz CT molecular complexity index is 286. The van der Waals surface area contributed by atoms with Crippen LogP contribution in [-0.2, 0) is 4.74 Å². The standard InChI is InChI=1S/C9H14ClN3O/c1-6(5-14-2)12-9-4-7(11)3-8(10)13-9/h3-4,6H,5H2,1-2H3,(H3,11,12,13). The molecule has 0 radical (unpaired) electrons. The average molecular weight is 216 g/mol. The van der Waals surface area contributed by atoms with Crippen LogP contribution in [-0.4, -0.2) is 24.7 Å². The normalized spacial score (nSPS) is 12.5. The Balaban J connectivity index is 2.66. The summed E-state index contributed by atoms with van der Waals surface area (Å²) in [4.78, 5) is 4.08. The quantitative estimate of drug-likeness (QED) is 0.752. The van der Waals surface area contributed by atoms with E-state index >= 15 is 0 Å². The number of pyridine rings is 1. The lowest BCUT2D eigenvalue weighted by Crippen LogP contribution is -2.21. The third-order valence-electron chi connectivity index (χ3n) is 1.63. The van der Waals surface area contributed by atoms with Crippen molar-refractivity contribution in [2.75, 3.05) is 24.8 Å². The number of hydrogen-bond donors (Lipinski definition) is 2. The van der Waals surface area contributed by atoms with Crippen molar-refractivity contribution in [3.05, 3.63) is 17.3 Å². The highest BCUT2D eigenvalue weighted by Crippen LogP contribution is 2.16. The van der Waals surface area contributed by atoms with Crippen molar-refractivity contribution in [2.45, 2.75) is 13.0 Å². The molecule has 0 aliphatic rings. The van der Waals surface area contributed by atoms with E-state index in [1.54, 1.807) is 19.2 Å². The van der Waals surface area contributed by atoms with Gasteiger partial charge in [0.15, 0.2) is 0 Å². The van der Waals surface area contributed by atoms with E-state index in [1.165, 1.54) is 0 Å². The van der Waals surface area contributed by atoms with Crippen molar-refractivity contribution < 1.29 is 4.74 Å². The highest BCUT2D eigenvalue weighted by Gasteiger charge is 2.03. The third-order valence-corrected chi connectivity index (χ3v) is 1.82. The molecule has 1 heterocycles. The Morgan fingerprint density at radius 2 is 2.36 bits per heavy atom.